The fourth-order valence-corrected chi connectivity index (χ4v) is 5.14. The predicted octanol–water partition coefficient (Wildman–Crippen LogP) is 2.24. The molecule has 0 aliphatic heterocycles. The molecule has 3 aromatic rings. The van der Waals surface area contributed by atoms with Gasteiger partial charge in [-0.05, 0) is 35.7 Å². The molecule has 0 radical (unpaired) electrons. The number of carbonyl (C=O) groups is 1. The number of nitrogens with zero attached hydrogens (tertiary/aromatic N) is 2. The SMILES string of the molecule is CC(=O)Nc1cc(S(=O)(=O)O)cc2cc(S(=O)(=O)O)c(N=Nc3cccc(N)c3S(=O)(=O)O)c(O)c12. The van der Waals surface area contributed by atoms with E-state index in [1.165, 1.54) is 6.07 Å². The quantitative estimate of drug-likeness (QED) is 0.144. The average molecular weight is 561 g/mol. The maximum Gasteiger partial charge on any atom is 0.298 e. The first-order valence-corrected chi connectivity index (χ1v) is 13.6. The first-order valence-electron chi connectivity index (χ1n) is 9.25. The van der Waals surface area contributed by atoms with Crippen molar-refractivity contribution in [2.24, 2.45) is 10.2 Å². The molecule has 0 saturated carbocycles. The van der Waals surface area contributed by atoms with Gasteiger partial charge in [-0.2, -0.15) is 25.3 Å². The Morgan fingerprint density at radius 1 is 0.917 bits per heavy atom. The molecule has 36 heavy (non-hydrogen) atoms. The zero-order valence-corrected chi connectivity index (χ0v) is 20.3. The summed E-state index contributed by atoms with van der Waals surface area (Å²) in [7, 11) is -15.0. The Balaban J connectivity index is 2.44. The van der Waals surface area contributed by atoms with Crippen LogP contribution in [0.5, 0.6) is 5.75 Å². The van der Waals surface area contributed by atoms with Gasteiger partial charge in [0.15, 0.2) is 5.75 Å². The van der Waals surface area contributed by atoms with E-state index < -0.39 is 79.4 Å². The number of anilines is 2. The summed E-state index contributed by atoms with van der Waals surface area (Å²) >= 11 is 0. The number of hydrogen-bond donors (Lipinski definition) is 6. The largest absolute Gasteiger partial charge is 0.505 e. The van der Waals surface area contributed by atoms with Gasteiger partial charge in [-0.25, -0.2) is 0 Å². The van der Waals surface area contributed by atoms with Crippen molar-refractivity contribution in [3.63, 3.8) is 0 Å². The molecule has 3 rings (SSSR count). The summed E-state index contributed by atoms with van der Waals surface area (Å²) in [6, 6.07) is 5.57. The summed E-state index contributed by atoms with van der Waals surface area (Å²) in [4.78, 5) is 8.88. The number of rotatable bonds is 6. The van der Waals surface area contributed by atoms with E-state index in [4.69, 9.17) is 5.73 Å². The molecule has 15 nitrogen and oxygen atoms in total. The predicted molar refractivity (Wildman–Crippen MR) is 124 cm³/mol. The fraction of sp³-hybridized carbons (Fsp3) is 0.0556. The minimum atomic E-state index is -5.19. The number of nitrogens with one attached hydrogen (secondary N) is 1. The molecule has 0 aromatic heterocycles. The number of nitrogen functional groups attached to an aromatic ring is 1. The Morgan fingerprint density at radius 2 is 1.56 bits per heavy atom. The second-order valence-corrected chi connectivity index (χ2v) is 11.3. The minimum Gasteiger partial charge on any atom is -0.505 e. The Kier molecular flexibility index (Phi) is 6.79. The lowest BCUT2D eigenvalue weighted by Crippen LogP contribution is -2.08. The Hall–Kier alpha value is -3.68. The van der Waals surface area contributed by atoms with Crippen LogP contribution in [0.1, 0.15) is 6.92 Å². The number of hydrogen-bond acceptors (Lipinski definition) is 11. The van der Waals surface area contributed by atoms with Crippen molar-refractivity contribution < 1.29 is 48.8 Å². The topological polar surface area (TPSA) is 263 Å². The van der Waals surface area contributed by atoms with Crippen molar-refractivity contribution in [2.45, 2.75) is 21.6 Å². The van der Waals surface area contributed by atoms with Crippen LogP contribution < -0.4 is 11.1 Å². The summed E-state index contributed by atoms with van der Waals surface area (Å²) < 4.78 is 99.3. The highest BCUT2D eigenvalue weighted by molar-refractivity contribution is 7.86. The molecule has 192 valence electrons. The smallest absolute Gasteiger partial charge is 0.298 e. The van der Waals surface area contributed by atoms with Crippen LogP contribution in [-0.2, 0) is 35.1 Å². The van der Waals surface area contributed by atoms with E-state index in [9.17, 15) is 48.8 Å². The monoisotopic (exact) mass is 560 g/mol. The third kappa shape index (κ3) is 5.42. The van der Waals surface area contributed by atoms with Crippen LogP contribution >= 0.6 is 0 Å². The summed E-state index contributed by atoms with van der Waals surface area (Å²) in [6.07, 6.45) is 0. The Labute approximate surface area is 203 Å². The lowest BCUT2D eigenvalue weighted by molar-refractivity contribution is -0.114. The van der Waals surface area contributed by atoms with E-state index in [1.54, 1.807) is 0 Å². The molecule has 7 N–H and O–H groups in total. The van der Waals surface area contributed by atoms with Crippen LogP contribution in [0.2, 0.25) is 0 Å². The average Bonchev–Trinajstić information content (AvgIpc) is 2.69. The first-order chi connectivity index (χ1) is 16.4. The van der Waals surface area contributed by atoms with E-state index in [2.05, 4.69) is 15.5 Å². The highest BCUT2D eigenvalue weighted by Crippen LogP contribution is 2.45. The van der Waals surface area contributed by atoms with Gasteiger partial charge >= 0.3 is 0 Å². The minimum absolute atomic E-state index is 0.374. The number of aromatic hydroxyl groups is 1. The van der Waals surface area contributed by atoms with Crippen molar-refractivity contribution in [3.8, 4) is 5.75 Å². The third-order valence-corrected chi connectivity index (χ3v) is 7.21. The highest BCUT2D eigenvalue weighted by Gasteiger charge is 2.26. The third-order valence-electron chi connectivity index (χ3n) is 4.55. The molecule has 0 heterocycles. The molecule has 1 amide bonds. The van der Waals surface area contributed by atoms with Gasteiger partial charge < -0.3 is 16.2 Å². The number of benzene rings is 3. The zero-order chi connectivity index (χ0) is 27.2. The van der Waals surface area contributed by atoms with Gasteiger partial charge in [0, 0.05) is 12.3 Å². The molecular formula is C18H16N4O11S3. The molecule has 0 fully saturated rings. The van der Waals surface area contributed by atoms with Gasteiger partial charge in [-0.15, -0.1) is 10.2 Å². The molecular weight excluding hydrogens is 544 g/mol. The van der Waals surface area contributed by atoms with Gasteiger partial charge in [0.05, 0.1) is 16.3 Å². The number of carbonyl (C=O) groups excluding carboxylic acids is 1. The van der Waals surface area contributed by atoms with Crippen molar-refractivity contribution in [1.29, 1.82) is 0 Å². The van der Waals surface area contributed by atoms with Crippen molar-refractivity contribution in [1.82, 2.24) is 0 Å². The van der Waals surface area contributed by atoms with Crippen LogP contribution in [0.4, 0.5) is 22.7 Å². The normalized spacial score (nSPS) is 12.8. The van der Waals surface area contributed by atoms with Crippen molar-refractivity contribution >= 4 is 69.8 Å². The van der Waals surface area contributed by atoms with Crippen LogP contribution in [0, 0.1) is 0 Å². The fourth-order valence-electron chi connectivity index (χ4n) is 3.20. The second-order valence-electron chi connectivity index (χ2n) is 7.14. The van der Waals surface area contributed by atoms with E-state index >= 15 is 0 Å². The summed E-state index contributed by atoms with van der Waals surface area (Å²) in [5.41, 5.74) is 3.22. The highest BCUT2D eigenvalue weighted by atomic mass is 32.2. The van der Waals surface area contributed by atoms with E-state index in [1.807, 2.05) is 0 Å². The van der Waals surface area contributed by atoms with E-state index in [0.29, 0.717) is 6.07 Å². The summed E-state index contributed by atoms with van der Waals surface area (Å²) in [5, 5.41) is 19.4. The lowest BCUT2D eigenvalue weighted by Gasteiger charge is -2.14. The molecule has 3 aromatic carbocycles. The second kappa shape index (κ2) is 9.08. The van der Waals surface area contributed by atoms with Crippen LogP contribution in [0.25, 0.3) is 10.8 Å². The van der Waals surface area contributed by atoms with Gasteiger partial charge in [-0.3, -0.25) is 18.5 Å². The maximum absolute atomic E-state index is 12.0. The van der Waals surface area contributed by atoms with Gasteiger partial charge in [-0.1, -0.05) is 6.07 Å². The Bertz CT molecular complexity index is 1780. The standard InChI is InChI=1S/C18H16N4O11S3/c1-8(23)20-13-7-10(34(25,26)27)5-9-6-14(35(28,29)30)16(17(24)15(9)13)22-21-12-4-2-3-11(19)18(12)36(31,32)33/h2-7,24H,19H2,1H3,(H,20,23)(H,25,26,27)(H,28,29,30)(H,31,32,33). The maximum atomic E-state index is 12.0. The molecule has 0 bridgehead atoms. The number of azo groups is 1. The summed E-state index contributed by atoms with van der Waals surface area (Å²) in [5.74, 6) is -1.78. The number of phenols is 1. The number of phenolic OH excluding ortho intramolecular Hbond substituents is 1. The molecule has 0 saturated heterocycles. The van der Waals surface area contributed by atoms with E-state index in [-0.39, 0.29) is 10.8 Å². The van der Waals surface area contributed by atoms with Crippen molar-refractivity contribution in [3.05, 3.63) is 36.4 Å². The molecule has 0 aliphatic rings. The molecule has 18 heteroatoms. The Morgan fingerprint density at radius 3 is 2.08 bits per heavy atom. The summed E-state index contributed by atoms with van der Waals surface area (Å²) in [6.45, 7) is 1.03. The lowest BCUT2D eigenvalue weighted by atomic mass is 10.1. The molecule has 0 unspecified atom stereocenters. The number of nitrogens with two attached hydrogens (primary N) is 1. The van der Waals surface area contributed by atoms with Crippen molar-refractivity contribution in [2.75, 3.05) is 11.1 Å². The number of fused-ring (bicyclic) bond motifs is 1. The van der Waals surface area contributed by atoms with Crippen LogP contribution in [0.15, 0.2) is 61.3 Å². The zero-order valence-electron chi connectivity index (χ0n) is 17.8. The molecule has 0 aliphatic carbocycles. The van der Waals surface area contributed by atoms with Crippen LogP contribution in [0.3, 0.4) is 0 Å². The first kappa shape index (κ1) is 26.9. The number of amides is 1. The van der Waals surface area contributed by atoms with Gasteiger partial charge in [0.1, 0.15) is 21.2 Å². The van der Waals surface area contributed by atoms with Gasteiger partial charge in [0.25, 0.3) is 30.4 Å². The molecule has 0 atom stereocenters. The van der Waals surface area contributed by atoms with E-state index in [0.717, 1.165) is 31.2 Å². The molecule has 0 spiro atoms. The van der Waals surface area contributed by atoms with Gasteiger partial charge in [0.2, 0.25) is 5.91 Å². The van der Waals surface area contributed by atoms with Crippen LogP contribution in [-0.4, -0.2) is 49.9 Å².